The van der Waals surface area contributed by atoms with Crippen molar-refractivity contribution in [3.8, 4) is 0 Å². The second-order valence-corrected chi connectivity index (χ2v) is 6.50. The smallest absolute Gasteiger partial charge is 0.253 e. The maximum Gasteiger partial charge on any atom is 0.253 e. The van der Waals surface area contributed by atoms with Crippen molar-refractivity contribution < 1.29 is 14.3 Å². The molecule has 4 rings (SSSR count). The first-order chi connectivity index (χ1) is 11.6. The molecule has 126 valence electrons. The van der Waals surface area contributed by atoms with Gasteiger partial charge in [0.05, 0.1) is 35.6 Å². The molecule has 0 atom stereocenters. The monoisotopic (exact) mass is 327 g/mol. The van der Waals surface area contributed by atoms with Crippen LogP contribution in [0.5, 0.6) is 0 Å². The number of amides is 1. The first-order valence-corrected chi connectivity index (χ1v) is 8.39. The number of aryl methyl sites for hydroxylation is 2. The van der Waals surface area contributed by atoms with Gasteiger partial charge >= 0.3 is 0 Å². The number of carbonyl (C=O) groups is 1. The summed E-state index contributed by atoms with van der Waals surface area (Å²) in [5.74, 6) is -0.426. The lowest BCUT2D eigenvalue weighted by Crippen LogP contribution is -2.47. The van der Waals surface area contributed by atoms with Crippen molar-refractivity contribution in [2.45, 2.75) is 32.5 Å². The van der Waals surface area contributed by atoms with E-state index in [1.165, 1.54) is 0 Å². The maximum atomic E-state index is 12.8. The molecular weight excluding hydrogens is 306 g/mol. The van der Waals surface area contributed by atoms with Crippen LogP contribution in [-0.2, 0) is 9.47 Å². The van der Waals surface area contributed by atoms with Gasteiger partial charge in [0.2, 0.25) is 0 Å². The molecule has 1 spiro atoms. The minimum absolute atomic E-state index is 0.0322. The molecule has 0 saturated carbocycles. The topological polar surface area (TPSA) is 64.6 Å². The molecule has 24 heavy (non-hydrogen) atoms. The molecule has 0 aliphatic carbocycles. The lowest BCUT2D eigenvalue weighted by Gasteiger charge is -2.37. The van der Waals surface area contributed by atoms with Crippen molar-refractivity contribution in [2.75, 3.05) is 26.3 Å². The summed E-state index contributed by atoms with van der Waals surface area (Å²) in [4.78, 5) is 23.7. The minimum atomic E-state index is -0.458. The Balaban J connectivity index is 1.54. The molecule has 0 radical (unpaired) electrons. The molecule has 6 heteroatoms. The molecule has 2 saturated heterocycles. The number of benzene rings is 1. The Morgan fingerprint density at radius 3 is 2.33 bits per heavy atom. The number of ether oxygens (including phenoxy) is 2. The highest BCUT2D eigenvalue weighted by Crippen LogP contribution is 2.31. The lowest BCUT2D eigenvalue weighted by molar-refractivity contribution is -0.181. The standard InChI is InChI=1S/C18H21N3O3/c1-12-13(2)20-16-11-14(3-4-15(16)19-12)17(22)21-7-5-18(6-8-21)23-9-10-24-18/h3-4,11H,5-10H2,1-2H3. The van der Waals surface area contributed by atoms with Gasteiger partial charge in [-0.15, -0.1) is 0 Å². The fourth-order valence-electron chi connectivity index (χ4n) is 3.38. The van der Waals surface area contributed by atoms with Crippen LogP contribution >= 0.6 is 0 Å². The highest BCUT2D eigenvalue weighted by Gasteiger charge is 2.40. The van der Waals surface area contributed by atoms with Crippen LogP contribution in [0.1, 0.15) is 34.6 Å². The number of fused-ring (bicyclic) bond motifs is 1. The second kappa shape index (κ2) is 5.79. The van der Waals surface area contributed by atoms with Crippen molar-refractivity contribution in [3.05, 3.63) is 35.2 Å². The Morgan fingerprint density at radius 2 is 1.67 bits per heavy atom. The number of aromatic nitrogens is 2. The fraction of sp³-hybridized carbons (Fsp3) is 0.500. The third-order valence-electron chi connectivity index (χ3n) is 4.95. The molecule has 2 aliphatic heterocycles. The highest BCUT2D eigenvalue weighted by atomic mass is 16.7. The molecule has 1 aromatic carbocycles. The highest BCUT2D eigenvalue weighted by molar-refractivity contribution is 5.97. The molecule has 0 unspecified atom stereocenters. The van der Waals surface area contributed by atoms with Gasteiger partial charge in [-0.05, 0) is 32.0 Å². The van der Waals surface area contributed by atoms with E-state index < -0.39 is 5.79 Å². The van der Waals surface area contributed by atoms with E-state index in [9.17, 15) is 4.79 Å². The van der Waals surface area contributed by atoms with Crippen molar-refractivity contribution in [3.63, 3.8) is 0 Å². The van der Waals surface area contributed by atoms with Gasteiger partial charge in [-0.25, -0.2) is 9.97 Å². The van der Waals surface area contributed by atoms with Crippen LogP contribution in [0.15, 0.2) is 18.2 Å². The summed E-state index contributed by atoms with van der Waals surface area (Å²) in [5, 5.41) is 0. The summed E-state index contributed by atoms with van der Waals surface area (Å²) in [6.07, 6.45) is 1.45. The Morgan fingerprint density at radius 1 is 1.04 bits per heavy atom. The van der Waals surface area contributed by atoms with Crippen LogP contribution in [0.3, 0.4) is 0 Å². The van der Waals surface area contributed by atoms with Gasteiger partial charge < -0.3 is 14.4 Å². The first-order valence-electron chi connectivity index (χ1n) is 8.39. The predicted octanol–water partition coefficient (Wildman–Crippen LogP) is 2.23. The lowest BCUT2D eigenvalue weighted by atomic mass is 10.0. The number of carbonyl (C=O) groups excluding carboxylic acids is 1. The van der Waals surface area contributed by atoms with Crippen LogP contribution in [0.2, 0.25) is 0 Å². The summed E-state index contributed by atoms with van der Waals surface area (Å²) < 4.78 is 11.4. The normalized spacial score (nSPS) is 20.0. The fourth-order valence-corrected chi connectivity index (χ4v) is 3.38. The average Bonchev–Trinajstić information content (AvgIpc) is 3.04. The zero-order valence-corrected chi connectivity index (χ0v) is 14.0. The van der Waals surface area contributed by atoms with Gasteiger partial charge in [0.15, 0.2) is 5.79 Å². The van der Waals surface area contributed by atoms with Crippen molar-refractivity contribution >= 4 is 16.9 Å². The summed E-state index contributed by atoms with van der Waals surface area (Å²) >= 11 is 0. The van der Waals surface area contributed by atoms with E-state index in [0.29, 0.717) is 31.9 Å². The number of piperidine rings is 1. The van der Waals surface area contributed by atoms with Gasteiger partial charge in [0.25, 0.3) is 5.91 Å². The number of hydrogen-bond donors (Lipinski definition) is 0. The molecule has 0 bridgehead atoms. The Bertz CT molecular complexity index is 789. The molecule has 2 fully saturated rings. The number of nitrogens with zero attached hydrogens (tertiary/aromatic N) is 3. The Hall–Kier alpha value is -2.05. The van der Waals surface area contributed by atoms with Crippen molar-refractivity contribution in [1.82, 2.24) is 14.9 Å². The van der Waals surface area contributed by atoms with E-state index in [4.69, 9.17) is 9.47 Å². The van der Waals surface area contributed by atoms with Crippen LogP contribution < -0.4 is 0 Å². The molecule has 3 heterocycles. The predicted molar refractivity (Wildman–Crippen MR) is 88.8 cm³/mol. The Labute approximate surface area is 140 Å². The third kappa shape index (κ3) is 2.65. The number of likely N-dealkylation sites (tertiary alicyclic amines) is 1. The van der Waals surface area contributed by atoms with Gasteiger partial charge in [0.1, 0.15) is 0 Å². The molecular formula is C18H21N3O3. The van der Waals surface area contributed by atoms with Crippen LogP contribution in [0.4, 0.5) is 0 Å². The summed E-state index contributed by atoms with van der Waals surface area (Å²) in [5.41, 5.74) is 4.05. The zero-order chi connectivity index (χ0) is 16.7. The van der Waals surface area contributed by atoms with Gasteiger partial charge in [0, 0.05) is 31.5 Å². The van der Waals surface area contributed by atoms with Crippen LogP contribution in [-0.4, -0.2) is 52.9 Å². The first kappa shape index (κ1) is 15.5. The third-order valence-corrected chi connectivity index (χ3v) is 4.95. The number of rotatable bonds is 1. The van der Waals surface area contributed by atoms with Gasteiger partial charge in [-0.2, -0.15) is 0 Å². The number of hydrogen-bond acceptors (Lipinski definition) is 5. The Kier molecular flexibility index (Phi) is 3.73. The van der Waals surface area contributed by atoms with Gasteiger partial charge in [-0.1, -0.05) is 0 Å². The molecule has 2 aliphatic rings. The van der Waals surface area contributed by atoms with Gasteiger partial charge in [-0.3, -0.25) is 4.79 Å². The van der Waals surface area contributed by atoms with E-state index in [1.54, 1.807) is 0 Å². The summed E-state index contributed by atoms with van der Waals surface area (Å²) in [6, 6.07) is 5.54. The molecule has 1 amide bonds. The maximum absolute atomic E-state index is 12.8. The zero-order valence-electron chi connectivity index (χ0n) is 14.0. The summed E-state index contributed by atoms with van der Waals surface area (Å²) in [6.45, 7) is 6.47. The van der Waals surface area contributed by atoms with E-state index in [2.05, 4.69) is 9.97 Å². The molecule has 1 aromatic heterocycles. The SMILES string of the molecule is Cc1nc2ccc(C(=O)N3CCC4(CC3)OCCO4)cc2nc1C. The van der Waals surface area contributed by atoms with E-state index in [-0.39, 0.29) is 5.91 Å². The largest absolute Gasteiger partial charge is 0.347 e. The molecule has 6 nitrogen and oxygen atoms in total. The average molecular weight is 327 g/mol. The van der Waals surface area contributed by atoms with Crippen LogP contribution in [0, 0.1) is 13.8 Å². The van der Waals surface area contributed by atoms with E-state index in [1.807, 2.05) is 36.9 Å². The van der Waals surface area contributed by atoms with Crippen LogP contribution in [0.25, 0.3) is 11.0 Å². The quantitative estimate of drug-likeness (QED) is 0.803. The summed E-state index contributed by atoms with van der Waals surface area (Å²) in [7, 11) is 0. The molecule has 2 aromatic rings. The minimum Gasteiger partial charge on any atom is -0.347 e. The van der Waals surface area contributed by atoms with E-state index in [0.717, 1.165) is 35.3 Å². The second-order valence-electron chi connectivity index (χ2n) is 6.50. The van der Waals surface area contributed by atoms with Crippen molar-refractivity contribution in [2.24, 2.45) is 0 Å². The van der Waals surface area contributed by atoms with E-state index >= 15 is 0 Å². The molecule has 0 N–H and O–H groups in total. The van der Waals surface area contributed by atoms with Crippen molar-refractivity contribution in [1.29, 1.82) is 0 Å².